The molecule has 1 aliphatic heterocycles. The van der Waals surface area contributed by atoms with E-state index in [0.29, 0.717) is 8.95 Å². The van der Waals surface area contributed by atoms with Crippen molar-refractivity contribution in [3.05, 3.63) is 60.9 Å². The third-order valence-corrected chi connectivity index (χ3v) is 6.44. The van der Waals surface area contributed by atoms with Gasteiger partial charge in [-0.3, -0.25) is 9.69 Å². The molecule has 0 saturated carbocycles. The lowest BCUT2D eigenvalue weighted by Gasteiger charge is -2.30. The van der Waals surface area contributed by atoms with E-state index in [-0.39, 0.29) is 17.6 Å². The number of nitrogens with one attached hydrogen (secondary N) is 1. The second-order valence-electron chi connectivity index (χ2n) is 6.74. The quantitative estimate of drug-likeness (QED) is 0.389. The van der Waals surface area contributed by atoms with Crippen LogP contribution in [0.15, 0.2) is 54.9 Å². The second-order valence-corrected chi connectivity index (χ2v) is 9.37. The van der Waals surface area contributed by atoms with Crippen LogP contribution in [0.1, 0.15) is 24.0 Å². The first-order chi connectivity index (χ1) is 13.4. The average Bonchev–Trinajstić information content (AvgIpc) is 2.68. The lowest BCUT2D eigenvalue weighted by molar-refractivity contribution is -0.126. The molecule has 148 valence electrons. The highest BCUT2D eigenvalue weighted by Crippen LogP contribution is 2.32. The SMILES string of the molecule is O=C(N/N=C/c1cc(Br)c(O)c(Br)c1)C1CCN(Cc2ccc(Br)cc2)CC1. The summed E-state index contributed by atoms with van der Waals surface area (Å²) in [5.41, 5.74) is 4.68. The highest BCUT2D eigenvalue weighted by Gasteiger charge is 2.24. The number of hydrogen-bond acceptors (Lipinski definition) is 4. The maximum absolute atomic E-state index is 12.4. The van der Waals surface area contributed by atoms with Gasteiger partial charge in [0.25, 0.3) is 0 Å². The van der Waals surface area contributed by atoms with Gasteiger partial charge in [-0.2, -0.15) is 5.10 Å². The number of amides is 1. The number of piperidine rings is 1. The molecule has 0 aromatic heterocycles. The highest BCUT2D eigenvalue weighted by atomic mass is 79.9. The van der Waals surface area contributed by atoms with Gasteiger partial charge in [-0.1, -0.05) is 28.1 Å². The molecule has 5 nitrogen and oxygen atoms in total. The van der Waals surface area contributed by atoms with Gasteiger partial charge in [0.1, 0.15) is 5.75 Å². The Morgan fingerprint density at radius 3 is 2.36 bits per heavy atom. The third kappa shape index (κ3) is 5.89. The van der Waals surface area contributed by atoms with Crippen LogP contribution < -0.4 is 5.43 Å². The molecule has 2 aromatic carbocycles. The Balaban J connectivity index is 1.46. The Labute approximate surface area is 189 Å². The number of phenols is 1. The van der Waals surface area contributed by atoms with Gasteiger partial charge in [0.05, 0.1) is 15.2 Å². The lowest BCUT2D eigenvalue weighted by Crippen LogP contribution is -2.39. The monoisotopic (exact) mass is 571 g/mol. The van der Waals surface area contributed by atoms with E-state index >= 15 is 0 Å². The molecule has 1 aliphatic rings. The summed E-state index contributed by atoms with van der Waals surface area (Å²) >= 11 is 10.0. The van der Waals surface area contributed by atoms with Crippen molar-refractivity contribution in [3.8, 4) is 5.75 Å². The van der Waals surface area contributed by atoms with Gasteiger partial charge in [0, 0.05) is 16.9 Å². The summed E-state index contributed by atoms with van der Waals surface area (Å²) in [6.07, 6.45) is 3.22. The van der Waals surface area contributed by atoms with Gasteiger partial charge in [-0.15, -0.1) is 0 Å². The van der Waals surface area contributed by atoms with E-state index in [1.165, 1.54) is 5.56 Å². The first-order valence-electron chi connectivity index (χ1n) is 8.90. The van der Waals surface area contributed by atoms with Crippen molar-refractivity contribution in [2.45, 2.75) is 19.4 Å². The molecule has 0 atom stereocenters. The van der Waals surface area contributed by atoms with Crippen molar-refractivity contribution in [3.63, 3.8) is 0 Å². The summed E-state index contributed by atoms with van der Waals surface area (Å²) in [6.45, 7) is 2.70. The number of hydrazone groups is 1. The molecule has 28 heavy (non-hydrogen) atoms. The van der Waals surface area contributed by atoms with Gasteiger partial charge >= 0.3 is 0 Å². The van der Waals surface area contributed by atoms with E-state index in [1.807, 2.05) is 0 Å². The fraction of sp³-hybridized carbons (Fsp3) is 0.300. The number of hydrogen-bond donors (Lipinski definition) is 2. The number of aromatic hydroxyl groups is 1. The van der Waals surface area contributed by atoms with Crippen molar-refractivity contribution in [2.75, 3.05) is 13.1 Å². The zero-order valence-corrected chi connectivity index (χ0v) is 19.8. The van der Waals surface area contributed by atoms with E-state index in [0.717, 1.165) is 42.5 Å². The van der Waals surface area contributed by atoms with Crippen LogP contribution in [0.5, 0.6) is 5.75 Å². The van der Waals surface area contributed by atoms with E-state index in [2.05, 4.69) is 87.5 Å². The van der Waals surface area contributed by atoms with Crippen LogP contribution in [0.25, 0.3) is 0 Å². The Bertz CT molecular complexity index is 840. The normalized spacial score (nSPS) is 15.8. The molecule has 1 heterocycles. The molecule has 2 aromatic rings. The van der Waals surface area contributed by atoms with Gasteiger partial charge in [-0.05, 0) is 93.2 Å². The minimum absolute atomic E-state index is 0.0170. The average molecular weight is 574 g/mol. The lowest BCUT2D eigenvalue weighted by atomic mass is 9.96. The predicted octanol–water partition coefficient (Wildman–Crippen LogP) is 5.04. The number of phenolic OH excluding ortho intramolecular Hbond substituents is 1. The first kappa shape index (κ1) is 21.5. The van der Waals surface area contributed by atoms with Crippen molar-refractivity contribution in [2.24, 2.45) is 11.0 Å². The standard InChI is InChI=1S/C20H20Br3N3O2/c21-16-3-1-13(2-4-16)12-26-7-5-15(6-8-26)20(28)25-24-11-14-9-17(22)19(27)18(23)10-14/h1-4,9-11,15,27H,5-8,12H2,(H,25,28)/b24-11+. The maximum Gasteiger partial charge on any atom is 0.243 e. The molecule has 1 saturated heterocycles. The summed E-state index contributed by atoms with van der Waals surface area (Å²) in [5, 5.41) is 13.8. The van der Waals surface area contributed by atoms with Gasteiger partial charge in [-0.25, -0.2) is 5.43 Å². The molecule has 0 unspecified atom stereocenters. The van der Waals surface area contributed by atoms with Crippen molar-refractivity contribution in [1.29, 1.82) is 0 Å². The molecule has 0 radical (unpaired) electrons. The maximum atomic E-state index is 12.4. The number of halogens is 3. The Morgan fingerprint density at radius 1 is 1.14 bits per heavy atom. The third-order valence-electron chi connectivity index (χ3n) is 4.71. The van der Waals surface area contributed by atoms with Gasteiger partial charge in [0.2, 0.25) is 5.91 Å². The smallest absolute Gasteiger partial charge is 0.243 e. The Hall–Kier alpha value is -1.22. The number of nitrogens with zero attached hydrogens (tertiary/aromatic N) is 2. The van der Waals surface area contributed by atoms with Crippen LogP contribution in [0, 0.1) is 5.92 Å². The second kappa shape index (κ2) is 10.0. The number of carbonyl (C=O) groups excluding carboxylic acids is 1. The van der Waals surface area contributed by atoms with Gasteiger partial charge in [0.15, 0.2) is 0 Å². The number of rotatable bonds is 5. The number of benzene rings is 2. The summed E-state index contributed by atoms with van der Waals surface area (Å²) in [4.78, 5) is 14.7. The largest absolute Gasteiger partial charge is 0.506 e. The van der Waals surface area contributed by atoms with E-state index in [1.54, 1.807) is 18.3 Å². The predicted molar refractivity (Wildman–Crippen MR) is 121 cm³/mol. The van der Waals surface area contributed by atoms with Crippen molar-refractivity contribution < 1.29 is 9.90 Å². The van der Waals surface area contributed by atoms with Crippen LogP contribution in [-0.2, 0) is 11.3 Å². The Morgan fingerprint density at radius 2 is 1.75 bits per heavy atom. The van der Waals surface area contributed by atoms with E-state index in [4.69, 9.17) is 0 Å². The minimum atomic E-state index is -0.0450. The van der Waals surface area contributed by atoms with Gasteiger partial charge < -0.3 is 5.11 Å². The fourth-order valence-electron chi connectivity index (χ4n) is 3.12. The van der Waals surface area contributed by atoms with Crippen LogP contribution in [0.4, 0.5) is 0 Å². The fourth-order valence-corrected chi connectivity index (χ4v) is 4.61. The zero-order chi connectivity index (χ0) is 20.1. The molecule has 0 bridgehead atoms. The topological polar surface area (TPSA) is 64.9 Å². The Kier molecular flexibility index (Phi) is 7.68. The molecule has 2 N–H and O–H groups in total. The molecule has 3 rings (SSSR count). The summed E-state index contributed by atoms with van der Waals surface area (Å²) in [6, 6.07) is 11.8. The van der Waals surface area contributed by atoms with E-state index in [9.17, 15) is 9.90 Å². The van der Waals surface area contributed by atoms with Crippen LogP contribution in [0.2, 0.25) is 0 Å². The first-order valence-corrected chi connectivity index (χ1v) is 11.3. The molecule has 1 amide bonds. The minimum Gasteiger partial charge on any atom is -0.506 e. The van der Waals surface area contributed by atoms with Crippen molar-refractivity contribution >= 4 is 59.9 Å². The van der Waals surface area contributed by atoms with Crippen LogP contribution >= 0.6 is 47.8 Å². The zero-order valence-electron chi connectivity index (χ0n) is 15.0. The molecule has 0 spiro atoms. The van der Waals surface area contributed by atoms with Crippen LogP contribution in [-0.4, -0.2) is 35.2 Å². The summed E-state index contributed by atoms with van der Waals surface area (Å²) in [5.74, 6) is 0.0733. The number of likely N-dealkylation sites (tertiary alicyclic amines) is 1. The van der Waals surface area contributed by atoms with Crippen LogP contribution in [0.3, 0.4) is 0 Å². The summed E-state index contributed by atoms with van der Waals surface area (Å²) < 4.78 is 2.21. The highest BCUT2D eigenvalue weighted by molar-refractivity contribution is 9.11. The molecular weight excluding hydrogens is 554 g/mol. The molecule has 0 aliphatic carbocycles. The number of carbonyl (C=O) groups is 1. The molecule has 1 fully saturated rings. The molecule has 8 heteroatoms. The molecular formula is C20H20Br3N3O2. The van der Waals surface area contributed by atoms with E-state index < -0.39 is 0 Å². The summed E-state index contributed by atoms with van der Waals surface area (Å²) in [7, 11) is 0. The van der Waals surface area contributed by atoms with Crippen molar-refractivity contribution in [1.82, 2.24) is 10.3 Å².